The zero-order valence-electron chi connectivity index (χ0n) is 21.4. The average molecular weight is 573 g/mol. The van der Waals surface area contributed by atoms with Gasteiger partial charge in [0.2, 0.25) is 0 Å². The van der Waals surface area contributed by atoms with Crippen LogP contribution in [0.1, 0.15) is 63.1 Å². The predicted molar refractivity (Wildman–Crippen MR) is 147 cm³/mol. The van der Waals surface area contributed by atoms with Crippen molar-refractivity contribution in [3.8, 4) is 0 Å². The van der Waals surface area contributed by atoms with Gasteiger partial charge in [-0.2, -0.15) is 0 Å². The third-order valence-electron chi connectivity index (χ3n) is 6.59. The van der Waals surface area contributed by atoms with Crippen molar-refractivity contribution in [2.75, 3.05) is 26.2 Å². The Morgan fingerprint density at radius 2 is 1.65 bits per heavy atom. The second-order valence-corrected chi connectivity index (χ2v) is 10.2. The number of hydrogen-bond acceptors (Lipinski definition) is 6. The molecule has 37 heavy (non-hydrogen) atoms. The molecule has 1 heterocycles. The van der Waals surface area contributed by atoms with Gasteiger partial charge in [-0.3, -0.25) is 19.7 Å². The maximum atomic E-state index is 13.2. The Labute approximate surface area is 226 Å². The van der Waals surface area contributed by atoms with Crippen LogP contribution in [-0.4, -0.2) is 57.7 Å². The van der Waals surface area contributed by atoms with Crippen LogP contribution >= 0.6 is 15.9 Å². The van der Waals surface area contributed by atoms with Crippen LogP contribution in [-0.2, 0) is 9.59 Å². The van der Waals surface area contributed by atoms with Crippen molar-refractivity contribution in [2.45, 2.75) is 52.0 Å². The fourth-order valence-electron chi connectivity index (χ4n) is 4.59. The van der Waals surface area contributed by atoms with Gasteiger partial charge in [-0.05, 0) is 56.6 Å². The van der Waals surface area contributed by atoms with Crippen LogP contribution in [0, 0.1) is 10.1 Å². The highest BCUT2D eigenvalue weighted by Gasteiger charge is 2.45. The number of nitrogens with zero attached hydrogens (tertiary/aromatic N) is 3. The lowest BCUT2D eigenvalue weighted by Gasteiger charge is -2.27. The average Bonchev–Trinajstić information content (AvgIpc) is 3.15. The molecular weight excluding hydrogens is 538 g/mol. The number of likely N-dealkylation sites (tertiary alicyclic amines) is 1. The van der Waals surface area contributed by atoms with Crippen molar-refractivity contribution in [3.05, 3.63) is 79.8 Å². The number of hydrogen-bond donors (Lipinski definition) is 1. The first-order valence-corrected chi connectivity index (χ1v) is 13.6. The lowest BCUT2D eigenvalue weighted by molar-refractivity contribution is -0.384. The minimum absolute atomic E-state index is 0.0540. The number of aliphatic hydroxyl groups excluding tert-OH is 1. The Bertz CT molecular complexity index is 1140. The molecule has 0 aliphatic carbocycles. The van der Waals surface area contributed by atoms with Crippen molar-refractivity contribution in [1.29, 1.82) is 0 Å². The van der Waals surface area contributed by atoms with E-state index in [0.29, 0.717) is 18.5 Å². The van der Waals surface area contributed by atoms with Gasteiger partial charge in [0.1, 0.15) is 5.76 Å². The van der Waals surface area contributed by atoms with E-state index in [9.17, 15) is 24.8 Å². The topological polar surface area (TPSA) is 104 Å². The Morgan fingerprint density at radius 3 is 2.24 bits per heavy atom. The number of nitro benzene ring substituents is 1. The summed E-state index contributed by atoms with van der Waals surface area (Å²) in [5.74, 6) is -1.87. The summed E-state index contributed by atoms with van der Waals surface area (Å²) in [4.78, 5) is 41.0. The molecule has 0 spiro atoms. The lowest BCUT2D eigenvalue weighted by atomic mass is 9.95. The normalized spacial score (nSPS) is 17.1. The molecular formula is C28H34BrN3O5. The van der Waals surface area contributed by atoms with Crippen LogP contribution < -0.4 is 0 Å². The molecule has 1 fully saturated rings. The molecule has 1 aliphatic rings. The quantitative estimate of drug-likeness (QED) is 0.103. The van der Waals surface area contributed by atoms with Crippen molar-refractivity contribution in [1.82, 2.24) is 9.80 Å². The fourth-order valence-corrected chi connectivity index (χ4v) is 4.85. The van der Waals surface area contributed by atoms with E-state index in [2.05, 4.69) is 34.7 Å². The smallest absolute Gasteiger partial charge is 0.295 e. The molecule has 1 aliphatic heterocycles. The first-order valence-electron chi connectivity index (χ1n) is 12.8. The number of halogens is 1. The number of carbonyl (C=O) groups is 2. The number of aliphatic hydroxyl groups is 1. The van der Waals surface area contributed by atoms with E-state index in [-0.39, 0.29) is 16.8 Å². The van der Waals surface area contributed by atoms with Crippen LogP contribution in [0.2, 0.25) is 0 Å². The van der Waals surface area contributed by atoms with Gasteiger partial charge < -0.3 is 14.9 Å². The van der Waals surface area contributed by atoms with Crippen molar-refractivity contribution in [3.63, 3.8) is 0 Å². The van der Waals surface area contributed by atoms with Crippen molar-refractivity contribution in [2.24, 2.45) is 0 Å². The number of rotatable bonds is 13. The molecule has 1 saturated heterocycles. The molecule has 0 aromatic heterocycles. The number of amides is 1. The van der Waals surface area contributed by atoms with E-state index in [1.807, 2.05) is 24.3 Å². The number of Topliss-reactive ketones (excluding diaryl/α,β-unsaturated/α-hetero) is 1. The van der Waals surface area contributed by atoms with E-state index < -0.39 is 28.4 Å². The van der Waals surface area contributed by atoms with Crippen LogP contribution in [0.3, 0.4) is 0 Å². The van der Waals surface area contributed by atoms with Crippen LogP contribution in [0.5, 0.6) is 0 Å². The van der Waals surface area contributed by atoms with Gasteiger partial charge in [-0.1, -0.05) is 66.9 Å². The second-order valence-electron chi connectivity index (χ2n) is 9.25. The molecule has 9 heteroatoms. The zero-order chi connectivity index (χ0) is 26.9. The molecule has 3 rings (SSSR count). The Balaban J connectivity index is 1.95. The third-order valence-corrected chi connectivity index (χ3v) is 7.11. The maximum absolute atomic E-state index is 13.2. The number of ketones is 1. The van der Waals surface area contributed by atoms with E-state index >= 15 is 0 Å². The molecule has 1 atom stereocenters. The summed E-state index contributed by atoms with van der Waals surface area (Å²) >= 11 is 3.42. The Hall–Kier alpha value is -3.04. The van der Waals surface area contributed by atoms with Gasteiger partial charge in [-0.25, -0.2) is 0 Å². The standard InChI is InChI=1S/C28H34BrN3O5/c1-3-5-15-30(16-6-4-2)17-8-18-31-25(20-11-13-22(29)14-12-20)24(27(34)28(31)35)26(33)21-9-7-10-23(19-21)32(36)37/h7,9-14,19,25,33H,3-6,8,15-18H2,1-2H3/t25-/m0/s1. The molecule has 8 nitrogen and oxygen atoms in total. The molecule has 1 N–H and O–H groups in total. The van der Waals surface area contributed by atoms with E-state index in [4.69, 9.17) is 0 Å². The molecule has 0 unspecified atom stereocenters. The Morgan fingerprint density at radius 1 is 1.03 bits per heavy atom. The highest BCUT2D eigenvalue weighted by molar-refractivity contribution is 9.10. The molecule has 0 bridgehead atoms. The van der Waals surface area contributed by atoms with Crippen LogP contribution in [0.15, 0.2) is 58.6 Å². The summed E-state index contributed by atoms with van der Waals surface area (Å²) in [6.45, 7) is 7.48. The number of non-ortho nitro benzene ring substituents is 1. The highest BCUT2D eigenvalue weighted by Crippen LogP contribution is 2.40. The maximum Gasteiger partial charge on any atom is 0.295 e. The fraction of sp³-hybridized carbons (Fsp3) is 0.429. The van der Waals surface area contributed by atoms with E-state index in [0.717, 1.165) is 49.8 Å². The molecule has 0 radical (unpaired) electrons. The first kappa shape index (κ1) is 28.5. The van der Waals surface area contributed by atoms with Gasteiger partial charge in [0.05, 0.1) is 16.5 Å². The van der Waals surface area contributed by atoms with Gasteiger partial charge in [0.25, 0.3) is 17.4 Å². The first-order chi connectivity index (χ1) is 17.8. The number of unbranched alkanes of at least 4 members (excludes halogenated alkanes) is 2. The van der Waals surface area contributed by atoms with Gasteiger partial charge in [-0.15, -0.1) is 0 Å². The highest BCUT2D eigenvalue weighted by atomic mass is 79.9. The van der Waals surface area contributed by atoms with Crippen molar-refractivity contribution >= 4 is 39.1 Å². The summed E-state index contributed by atoms with van der Waals surface area (Å²) in [6.07, 6.45) is 5.12. The summed E-state index contributed by atoms with van der Waals surface area (Å²) in [5, 5.41) is 22.4. The summed E-state index contributed by atoms with van der Waals surface area (Å²) < 4.78 is 0.842. The molecule has 2 aromatic carbocycles. The minimum atomic E-state index is -0.786. The lowest BCUT2D eigenvalue weighted by Crippen LogP contribution is -2.34. The number of carbonyl (C=O) groups excluding carboxylic acids is 2. The SMILES string of the molecule is CCCCN(CCCC)CCCN1C(=O)C(=O)C(=C(O)c2cccc([N+](=O)[O-])c2)[C@@H]1c1ccc(Br)cc1. The molecule has 1 amide bonds. The number of benzene rings is 2. The summed E-state index contributed by atoms with van der Waals surface area (Å²) in [5.41, 5.74) is 0.544. The second kappa shape index (κ2) is 13.5. The van der Waals surface area contributed by atoms with Gasteiger partial charge in [0.15, 0.2) is 0 Å². The zero-order valence-corrected chi connectivity index (χ0v) is 22.9. The van der Waals surface area contributed by atoms with Gasteiger partial charge >= 0.3 is 0 Å². The largest absolute Gasteiger partial charge is 0.507 e. The van der Waals surface area contributed by atoms with Crippen molar-refractivity contribution < 1.29 is 19.6 Å². The summed E-state index contributed by atoms with van der Waals surface area (Å²) in [7, 11) is 0. The van der Waals surface area contributed by atoms with E-state index in [1.165, 1.54) is 29.2 Å². The van der Waals surface area contributed by atoms with Crippen LogP contribution in [0.25, 0.3) is 5.76 Å². The van der Waals surface area contributed by atoms with Gasteiger partial charge in [0, 0.05) is 28.7 Å². The summed E-state index contributed by atoms with van der Waals surface area (Å²) in [6, 6.07) is 11.9. The molecule has 2 aromatic rings. The predicted octanol–water partition coefficient (Wildman–Crippen LogP) is 6.07. The molecule has 0 saturated carbocycles. The molecule has 198 valence electrons. The third kappa shape index (κ3) is 7.05. The minimum Gasteiger partial charge on any atom is -0.507 e. The number of nitro groups is 1. The van der Waals surface area contributed by atoms with Crippen LogP contribution in [0.4, 0.5) is 5.69 Å². The monoisotopic (exact) mass is 571 g/mol. The van der Waals surface area contributed by atoms with E-state index in [1.54, 1.807) is 0 Å². The Kier molecular flexibility index (Phi) is 10.4.